The Labute approximate surface area is 117 Å². The average Bonchev–Trinajstić information content (AvgIpc) is 2.95. The molecule has 0 saturated carbocycles. The Balaban J connectivity index is 1.55. The number of nitrogens with zero attached hydrogens (tertiary/aromatic N) is 1. The molecule has 0 aromatic heterocycles. The van der Waals surface area contributed by atoms with Gasteiger partial charge >= 0.3 is 0 Å². The standard InChI is InChI=1S/C15H18N2O3/c18-14-13-7-4-8-17(13)15(19)12(16-14)10-20-9-11-5-2-1-3-6-11/h1-3,5-6,12-13H,4,7-10H2,(H,16,18)/t12-,13-/m0/s1. The first-order valence-electron chi connectivity index (χ1n) is 6.98. The van der Waals surface area contributed by atoms with Gasteiger partial charge < -0.3 is 15.0 Å². The van der Waals surface area contributed by atoms with Crippen LogP contribution in [0.2, 0.25) is 0 Å². The van der Waals surface area contributed by atoms with Crippen LogP contribution in [0, 0.1) is 0 Å². The van der Waals surface area contributed by atoms with Crippen LogP contribution >= 0.6 is 0 Å². The molecule has 2 saturated heterocycles. The molecule has 3 rings (SSSR count). The van der Waals surface area contributed by atoms with Gasteiger partial charge in [-0.25, -0.2) is 0 Å². The largest absolute Gasteiger partial charge is 0.374 e. The van der Waals surface area contributed by atoms with Gasteiger partial charge in [0.1, 0.15) is 12.1 Å². The lowest BCUT2D eigenvalue weighted by atomic mass is 10.1. The number of hydrogen-bond donors (Lipinski definition) is 1. The van der Waals surface area contributed by atoms with Crippen molar-refractivity contribution in [3.63, 3.8) is 0 Å². The second-order valence-electron chi connectivity index (χ2n) is 5.25. The summed E-state index contributed by atoms with van der Waals surface area (Å²) in [5.41, 5.74) is 1.06. The summed E-state index contributed by atoms with van der Waals surface area (Å²) < 4.78 is 5.56. The number of benzene rings is 1. The average molecular weight is 274 g/mol. The Morgan fingerprint density at radius 1 is 1.25 bits per heavy atom. The number of nitrogens with one attached hydrogen (secondary N) is 1. The molecule has 2 aliphatic heterocycles. The summed E-state index contributed by atoms with van der Waals surface area (Å²) in [5.74, 6) is -0.0597. The Kier molecular flexibility index (Phi) is 3.69. The molecule has 1 aromatic rings. The molecule has 106 valence electrons. The lowest BCUT2D eigenvalue weighted by molar-refractivity contribution is -0.148. The van der Waals surface area contributed by atoms with Gasteiger partial charge in [-0.3, -0.25) is 9.59 Å². The summed E-state index contributed by atoms with van der Waals surface area (Å²) in [5, 5.41) is 2.77. The van der Waals surface area contributed by atoms with Crippen LogP contribution in [-0.2, 0) is 20.9 Å². The molecule has 2 fully saturated rings. The van der Waals surface area contributed by atoms with E-state index in [1.165, 1.54) is 0 Å². The summed E-state index contributed by atoms with van der Waals surface area (Å²) in [4.78, 5) is 25.8. The van der Waals surface area contributed by atoms with Gasteiger partial charge in [0.25, 0.3) is 0 Å². The Morgan fingerprint density at radius 2 is 2.05 bits per heavy atom. The number of fused-ring (bicyclic) bond motifs is 1. The summed E-state index contributed by atoms with van der Waals surface area (Å²) in [6, 6.07) is 8.98. The van der Waals surface area contributed by atoms with E-state index in [1.807, 2.05) is 30.3 Å². The fourth-order valence-electron chi connectivity index (χ4n) is 2.81. The molecule has 0 aliphatic carbocycles. The van der Waals surface area contributed by atoms with E-state index >= 15 is 0 Å². The maximum Gasteiger partial charge on any atom is 0.248 e. The minimum Gasteiger partial charge on any atom is -0.374 e. The van der Waals surface area contributed by atoms with Gasteiger partial charge in [0, 0.05) is 6.54 Å². The van der Waals surface area contributed by atoms with E-state index in [-0.39, 0.29) is 24.5 Å². The second-order valence-corrected chi connectivity index (χ2v) is 5.25. The molecule has 0 unspecified atom stereocenters. The highest BCUT2D eigenvalue weighted by Gasteiger charge is 2.42. The van der Waals surface area contributed by atoms with Crippen molar-refractivity contribution in [1.82, 2.24) is 10.2 Å². The van der Waals surface area contributed by atoms with Crippen LogP contribution < -0.4 is 5.32 Å². The second kappa shape index (κ2) is 5.63. The van der Waals surface area contributed by atoms with E-state index < -0.39 is 6.04 Å². The predicted octanol–water partition coefficient (Wildman–Crippen LogP) is 0.693. The zero-order valence-electron chi connectivity index (χ0n) is 11.2. The van der Waals surface area contributed by atoms with Crippen LogP contribution in [0.25, 0.3) is 0 Å². The fourth-order valence-corrected chi connectivity index (χ4v) is 2.81. The number of amides is 2. The van der Waals surface area contributed by atoms with E-state index in [4.69, 9.17) is 4.74 Å². The molecule has 0 radical (unpaired) electrons. The molecule has 2 amide bonds. The van der Waals surface area contributed by atoms with Crippen molar-refractivity contribution >= 4 is 11.8 Å². The van der Waals surface area contributed by atoms with Gasteiger partial charge in [-0.1, -0.05) is 30.3 Å². The quantitative estimate of drug-likeness (QED) is 0.879. The van der Waals surface area contributed by atoms with Crippen molar-refractivity contribution < 1.29 is 14.3 Å². The van der Waals surface area contributed by atoms with E-state index in [0.717, 1.165) is 18.4 Å². The first-order chi connectivity index (χ1) is 9.75. The number of piperazine rings is 1. The topological polar surface area (TPSA) is 58.6 Å². The third-order valence-electron chi connectivity index (χ3n) is 3.85. The van der Waals surface area contributed by atoms with Crippen molar-refractivity contribution in [3.8, 4) is 0 Å². The minimum absolute atomic E-state index is 0.0137. The van der Waals surface area contributed by atoms with Gasteiger partial charge in [0.2, 0.25) is 11.8 Å². The first kappa shape index (κ1) is 13.1. The van der Waals surface area contributed by atoms with Crippen molar-refractivity contribution in [2.75, 3.05) is 13.2 Å². The van der Waals surface area contributed by atoms with Crippen LogP contribution in [0.3, 0.4) is 0 Å². The smallest absolute Gasteiger partial charge is 0.248 e. The molecule has 20 heavy (non-hydrogen) atoms. The van der Waals surface area contributed by atoms with E-state index in [9.17, 15) is 9.59 Å². The van der Waals surface area contributed by atoms with E-state index in [2.05, 4.69) is 5.32 Å². The van der Waals surface area contributed by atoms with Gasteiger partial charge in [0.15, 0.2) is 0 Å². The number of hydrogen-bond acceptors (Lipinski definition) is 3. The van der Waals surface area contributed by atoms with Gasteiger partial charge in [-0.05, 0) is 18.4 Å². The summed E-state index contributed by atoms with van der Waals surface area (Å²) in [7, 11) is 0. The summed E-state index contributed by atoms with van der Waals surface area (Å²) >= 11 is 0. The molecule has 2 aliphatic rings. The van der Waals surface area contributed by atoms with Gasteiger partial charge in [0.05, 0.1) is 13.2 Å². The molecule has 1 N–H and O–H groups in total. The Morgan fingerprint density at radius 3 is 2.85 bits per heavy atom. The van der Waals surface area contributed by atoms with E-state index in [0.29, 0.717) is 13.2 Å². The maximum atomic E-state index is 12.2. The molecule has 5 nitrogen and oxygen atoms in total. The van der Waals surface area contributed by atoms with Crippen LogP contribution in [-0.4, -0.2) is 41.9 Å². The molecule has 0 spiro atoms. The zero-order chi connectivity index (χ0) is 13.9. The van der Waals surface area contributed by atoms with Crippen molar-refractivity contribution in [3.05, 3.63) is 35.9 Å². The monoisotopic (exact) mass is 274 g/mol. The minimum atomic E-state index is -0.541. The predicted molar refractivity (Wildman–Crippen MR) is 72.8 cm³/mol. The molecule has 5 heteroatoms. The molecule has 2 atom stereocenters. The lowest BCUT2D eigenvalue weighted by Gasteiger charge is -2.34. The number of rotatable bonds is 4. The first-order valence-corrected chi connectivity index (χ1v) is 6.98. The highest BCUT2D eigenvalue weighted by Crippen LogP contribution is 2.22. The third kappa shape index (κ3) is 2.54. The van der Waals surface area contributed by atoms with Crippen LogP contribution in [0.1, 0.15) is 18.4 Å². The molecule has 1 aromatic carbocycles. The molecular formula is C15H18N2O3. The lowest BCUT2D eigenvalue weighted by Crippen LogP contribution is -2.62. The highest BCUT2D eigenvalue weighted by atomic mass is 16.5. The molecular weight excluding hydrogens is 256 g/mol. The van der Waals surface area contributed by atoms with Crippen LogP contribution in [0.4, 0.5) is 0 Å². The van der Waals surface area contributed by atoms with Crippen molar-refractivity contribution in [1.29, 1.82) is 0 Å². The Bertz CT molecular complexity index is 503. The van der Waals surface area contributed by atoms with Crippen LogP contribution in [0.5, 0.6) is 0 Å². The fraction of sp³-hybridized carbons (Fsp3) is 0.467. The van der Waals surface area contributed by atoms with Crippen LogP contribution in [0.15, 0.2) is 30.3 Å². The Hall–Kier alpha value is -1.88. The normalized spacial score (nSPS) is 25.5. The SMILES string of the molecule is O=C1N[C@@H](COCc2ccccc2)C(=O)N2CCC[C@@H]12. The number of ether oxygens (including phenoxy) is 1. The number of carbonyl (C=O) groups excluding carboxylic acids is 2. The third-order valence-corrected chi connectivity index (χ3v) is 3.85. The van der Waals surface area contributed by atoms with E-state index in [1.54, 1.807) is 4.90 Å². The number of carbonyl (C=O) groups is 2. The zero-order valence-corrected chi connectivity index (χ0v) is 11.2. The maximum absolute atomic E-state index is 12.2. The highest BCUT2D eigenvalue weighted by molar-refractivity contribution is 5.97. The van der Waals surface area contributed by atoms with Crippen molar-refractivity contribution in [2.45, 2.75) is 31.5 Å². The van der Waals surface area contributed by atoms with Gasteiger partial charge in [-0.2, -0.15) is 0 Å². The molecule has 2 heterocycles. The molecule has 0 bridgehead atoms. The summed E-state index contributed by atoms with van der Waals surface area (Å²) in [6.45, 7) is 1.36. The van der Waals surface area contributed by atoms with Gasteiger partial charge in [-0.15, -0.1) is 0 Å². The summed E-state index contributed by atoms with van der Waals surface area (Å²) in [6.07, 6.45) is 1.68. The van der Waals surface area contributed by atoms with Crippen molar-refractivity contribution in [2.24, 2.45) is 0 Å².